The minimum absolute atomic E-state index is 0.0964. The Morgan fingerprint density at radius 3 is 3.00 bits per heavy atom. The van der Waals surface area contributed by atoms with Crippen LogP contribution in [-0.2, 0) is 24.2 Å². The van der Waals surface area contributed by atoms with Gasteiger partial charge in [-0.3, -0.25) is 14.5 Å². The first kappa shape index (κ1) is 18.8. The summed E-state index contributed by atoms with van der Waals surface area (Å²) in [4.78, 5) is 36.1. The minimum Gasteiger partial charge on any atom is -0.325 e. The van der Waals surface area contributed by atoms with Gasteiger partial charge < -0.3 is 10.3 Å². The minimum atomic E-state index is -0.403. The average Bonchev–Trinajstić information content (AvgIpc) is 3.00. The highest BCUT2D eigenvalue weighted by atomic mass is 32.1. The Balaban J connectivity index is 1.45. The molecule has 0 radical (unpaired) electrons. The third-order valence-corrected chi connectivity index (χ3v) is 6.00. The maximum Gasteiger partial charge on any atom is 0.259 e. The summed E-state index contributed by atoms with van der Waals surface area (Å²) in [7, 11) is 1.77. The van der Waals surface area contributed by atoms with E-state index in [-0.39, 0.29) is 18.0 Å². The van der Waals surface area contributed by atoms with Crippen LogP contribution in [-0.4, -0.2) is 34.4 Å². The highest BCUT2D eigenvalue weighted by molar-refractivity contribution is 7.18. The normalized spacial score (nSPS) is 13.7. The molecule has 0 fully saturated rings. The van der Waals surface area contributed by atoms with E-state index in [1.54, 1.807) is 35.4 Å². The maximum atomic E-state index is 13.2. The molecule has 0 atom stereocenters. The number of amides is 1. The van der Waals surface area contributed by atoms with E-state index in [1.807, 2.05) is 0 Å². The molecular formula is C20H21FN4O2S. The first-order valence-corrected chi connectivity index (χ1v) is 10.1. The topological polar surface area (TPSA) is 78.1 Å². The summed E-state index contributed by atoms with van der Waals surface area (Å²) in [6, 6.07) is 5.76. The van der Waals surface area contributed by atoms with E-state index in [1.165, 1.54) is 17.0 Å². The fourth-order valence-corrected chi connectivity index (χ4v) is 4.89. The van der Waals surface area contributed by atoms with Crippen molar-refractivity contribution in [3.63, 3.8) is 0 Å². The van der Waals surface area contributed by atoms with E-state index in [2.05, 4.69) is 15.3 Å². The zero-order chi connectivity index (χ0) is 19.7. The highest BCUT2D eigenvalue weighted by Gasteiger charge is 2.20. The van der Waals surface area contributed by atoms with Crippen LogP contribution in [0.15, 0.2) is 29.1 Å². The molecule has 0 saturated heterocycles. The van der Waals surface area contributed by atoms with E-state index in [0.29, 0.717) is 18.1 Å². The number of hydrogen-bond donors (Lipinski definition) is 2. The quantitative estimate of drug-likeness (QED) is 0.690. The van der Waals surface area contributed by atoms with Gasteiger partial charge in [0.2, 0.25) is 5.91 Å². The number of carbonyl (C=O) groups is 1. The van der Waals surface area contributed by atoms with E-state index in [0.717, 1.165) is 41.5 Å². The Hall–Kier alpha value is -2.58. The second kappa shape index (κ2) is 7.81. The van der Waals surface area contributed by atoms with Crippen molar-refractivity contribution in [2.75, 3.05) is 18.9 Å². The van der Waals surface area contributed by atoms with Crippen molar-refractivity contribution in [2.24, 2.45) is 0 Å². The van der Waals surface area contributed by atoms with Gasteiger partial charge in [0.15, 0.2) is 0 Å². The Labute approximate surface area is 165 Å². The summed E-state index contributed by atoms with van der Waals surface area (Å²) in [5.74, 6) is -0.125. The van der Waals surface area contributed by atoms with E-state index in [4.69, 9.17) is 0 Å². The Morgan fingerprint density at radius 2 is 2.18 bits per heavy atom. The predicted octanol–water partition coefficient (Wildman–Crippen LogP) is 3.07. The van der Waals surface area contributed by atoms with Crippen molar-refractivity contribution in [1.29, 1.82) is 0 Å². The number of anilines is 1. The Kier molecular flexibility index (Phi) is 5.23. The van der Waals surface area contributed by atoms with Crippen LogP contribution < -0.4 is 10.9 Å². The molecule has 1 aliphatic carbocycles. The molecule has 4 rings (SSSR count). The molecule has 0 bridgehead atoms. The molecule has 1 amide bonds. The van der Waals surface area contributed by atoms with Crippen LogP contribution in [0.4, 0.5) is 10.1 Å². The van der Waals surface area contributed by atoms with Gasteiger partial charge >= 0.3 is 0 Å². The van der Waals surface area contributed by atoms with Gasteiger partial charge in [0.1, 0.15) is 16.5 Å². The SMILES string of the molecule is CN(CC(=O)Nc1cccc(F)c1)Cc1nc2sc3c(c2c(=O)[nH]1)CCCC3. The molecule has 146 valence electrons. The van der Waals surface area contributed by atoms with Crippen molar-refractivity contribution in [3.05, 3.63) is 56.7 Å². The average molecular weight is 400 g/mol. The summed E-state index contributed by atoms with van der Waals surface area (Å²) < 4.78 is 13.2. The van der Waals surface area contributed by atoms with Gasteiger partial charge in [0.05, 0.1) is 18.5 Å². The monoisotopic (exact) mass is 400 g/mol. The fraction of sp³-hybridized carbons (Fsp3) is 0.350. The number of hydrogen-bond acceptors (Lipinski definition) is 5. The molecule has 2 heterocycles. The molecule has 8 heteroatoms. The number of aryl methyl sites for hydroxylation is 2. The molecule has 0 spiro atoms. The number of fused-ring (bicyclic) bond motifs is 3. The number of aromatic nitrogens is 2. The Bertz CT molecular complexity index is 1090. The van der Waals surface area contributed by atoms with Crippen molar-refractivity contribution in [2.45, 2.75) is 32.2 Å². The fourth-order valence-electron chi connectivity index (χ4n) is 3.61. The zero-order valence-electron chi connectivity index (χ0n) is 15.5. The van der Waals surface area contributed by atoms with Crippen LogP contribution in [0.1, 0.15) is 29.1 Å². The van der Waals surface area contributed by atoms with Crippen LogP contribution in [0.5, 0.6) is 0 Å². The molecule has 3 aromatic rings. The van der Waals surface area contributed by atoms with Crippen molar-refractivity contribution in [3.8, 4) is 0 Å². The second-order valence-corrected chi connectivity index (χ2v) is 8.22. The second-order valence-electron chi connectivity index (χ2n) is 7.13. The summed E-state index contributed by atoms with van der Waals surface area (Å²) in [6.07, 6.45) is 4.24. The molecule has 6 nitrogen and oxygen atoms in total. The molecule has 28 heavy (non-hydrogen) atoms. The smallest absolute Gasteiger partial charge is 0.259 e. The first-order chi connectivity index (χ1) is 13.5. The maximum absolute atomic E-state index is 13.2. The van der Waals surface area contributed by atoms with Crippen LogP contribution in [0.25, 0.3) is 10.2 Å². The lowest BCUT2D eigenvalue weighted by atomic mass is 9.97. The molecule has 2 aromatic heterocycles. The number of aromatic amines is 1. The molecule has 0 saturated carbocycles. The number of carbonyl (C=O) groups excluding carboxylic acids is 1. The van der Waals surface area contributed by atoms with E-state index in [9.17, 15) is 14.0 Å². The van der Waals surface area contributed by atoms with Gasteiger partial charge in [-0.25, -0.2) is 9.37 Å². The number of likely N-dealkylation sites (N-methyl/N-ethyl adjacent to an activating group) is 1. The summed E-state index contributed by atoms with van der Waals surface area (Å²) >= 11 is 1.61. The van der Waals surface area contributed by atoms with Crippen molar-refractivity contribution < 1.29 is 9.18 Å². The van der Waals surface area contributed by atoms with Crippen molar-refractivity contribution in [1.82, 2.24) is 14.9 Å². The van der Waals surface area contributed by atoms with Crippen LogP contribution in [0.2, 0.25) is 0 Å². The van der Waals surface area contributed by atoms with Crippen LogP contribution in [0, 0.1) is 5.82 Å². The first-order valence-electron chi connectivity index (χ1n) is 9.27. The number of nitrogens with zero attached hydrogens (tertiary/aromatic N) is 2. The van der Waals surface area contributed by atoms with Gasteiger partial charge in [0.25, 0.3) is 5.56 Å². The number of nitrogens with one attached hydrogen (secondary N) is 2. The summed E-state index contributed by atoms with van der Waals surface area (Å²) in [5, 5.41) is 3.39. The third-order valence-electron chi connectivity index (χ3n) is 4.82. The van der Waals surface area contributed by atoms with Gasteiger partial charge in [-0.05, 0) is 56.5 Å². The molecule has 0 unspecified atom stereocenters. The number of rotatable bonds is 5. The standard InChI is InChI=1S/C20H21FN4O2S/c1-25(11-17(26)22-13-6-4-5-12(21)9-13)10-16-23-19(27)18-14-7-2-3-8-15(14)28-20(18)24-16/h4-6,9H,2-3,7-8,10-11H2,1H3,(H,22,26)(H,23,24,27). The summed E-state index contributed by atoms with van der Waals surface area (Å²) in [5.41, 5.74) is 1.47. The van der Waals surface area contributed by atoms with E-state index >= 15 is 0 Å². The largest absolute Gasteiger partial charge is 0.325 e. The summed E-state index contributed by atoms with van der Waals surface area (Å²) in [6.45, 7) is 0.434. The molecule has 0 aliphatic heterocycles. The molecular weight excluding hydrogens is 379 g/mol. The van der Waals surface area contributed by atoms with Crippen LogP contribution in [0.3, 0.4) is 0 Å². The molecule has 1 aliphatic rings. The van der Waals surface area contributed by atoms with Crippen molar-refractivity contribution >= 4 is 33.1 Å². The van der Waals surface area contributed by atoms with Gasteiger partial charge in [0, 0.05) is 10.6 Å². The number of H-pyrrole nitrogens is 1. The number of benzene rings is 1. The zero-order valence-corrected chi connectivity index (χ0v) is 16.4. The lowest BCUT2D eigenvalue weighted by Gasteiger charge is -2.15. The Morgan fingerprint density at radius 1 is 1.36 bits per heavy atom. The number of thiophene rings is 1. The van der Waals surface area contributed by atoms with E-state index < -0.39 is 5.82 Å². The van der Waals surface area contributed by atoms with Gasteiger partial charge in [-0.2, -0.15) is 0 Å². The number of halogens is 1. The predicted molar refractivity (Wildman–Crippen MR) is 108 cm³/mol. The third kappa shape index (κ3) is 3.98. The molecule has 1 aromatic carbocycles. The highest BCUT2D eigenvalue weighted by Crippen LogP contribution is 2.33. The van der Waals surface area contributed by atoms with Gasteiger partial charge in [-0.1, -0.05) is 6.07 Å². The lowest BCUT2D eigenvalue weighted by Crippen LogP contribution is -2.31. The molecule has 2 N–H and O–H groups in total. The lowest BCUT2D eigenvalue weighted by molar-refractivity contribution is -0.117. The van der Waals surface area contributed by atoms with Gasteiger partial charge in [-0.15, -0.1) is 11.3 Å². The van der Waals surface area contributed by atoms with Crippen LogP contribution >= 0.6 is 11.3 Å².